The van der Waals surface area contributed by atoms with Crippen LogP contribution in [0.3, 0.4) is 0 Å². The third-order valence-corrected chi connectivity index (χ3v) is 6.82. The molecule has 0 bridgehead atoms. The number of hydrogen-bond acceptors (Lipinski definition) is 3. The Labute approximate surface area is 185 Å². The molecule has 11 heteroatoms. The van der Waals surface area contributed by atoms with Crippen LogP contribution in [0, 0.1) is 5.82 Å². The lowest BCUT2D eigenvalue weighted by Gasteiger charge is -2.26. The third kappa shape index (κ3) is 5.99. The monoisotopic (exact) mass is 495 g/mol. The number of sulfone groups is 1. The van der Waals surface area contributed by atoms with E-state index in [1.165, 1.54) is 12.1 Å². The zero-order chi connectivity index (χ0) is 23.0. The summed E-state index contributed by atoms with van der Waals surface area (Å²) in [6, 6.07) is 6.33. The maximum absolute atomic E-state index is 14.3. The molecule has 0 saturated carbocycles. The van der Waals surface area contributed by atoms with Gasteiger partial charge >= 0.3 is 6.18 Å². The highest BCUT2D eigenvalue weighted by Crippen LogP contribution is 2.38. The van der Waals surface area contributed by atoms with Gasteiger partial charge in [-0.1, -0.05) is 41.4 Å². The maximum Gasteiger partial charge on any atom is 0.399 e. The Morgan fingerprint density at radius 3 is 2.23 bits per heavy atom. The van der Waals surface area contributed by atoms with Gasteiger partial charge in [-0.05, 0) is 41.5 Å². The molecule has 1 fully saturated rings. The van der Waals surface area contributed by atoms with Crippen molar-refractivity contribution in [2.75, 3.05) is 11.5 Å². The minimum Gasteiger partial charge on any atom is -0.347 e. The number of benzene rings is 2. The first-order valence-corrected chi connectivity index (χ1v) is 11.4. The molecular formula is C20H15Cl2F4NO3S. The molecule has 3 rings (SSSR count). The summed E-state index contributed by atoms with van der Waals surface area (Å²) >= 11 is 11.6. The van der Waals surface area contributed by atoms with Gasteiger partial charge in [-0.3, -0.25) is 4.79 Å². The van der Waals surface area contributed by atoms with E-state index in [0.29, 0.717) is 0 Å². The van der Waals surface area contributed by atoms with Crippen molar-refractivity contribution >= 4 is 45.0 Å². The fraction of sp³-hybridized carbons (Fsp3) is 0.250. The summed E-state index contributed by atoms with van der Waals surface area (Å²) in [5, 5.41) is 2.49. The Hall–Kier alpha value is -2.10. The number of nitrogens with one attached hydrogen (secondary N) is 1. The molecule has 1 aliphatic rings. The zero-order valence-corrected chi connectivity index (χ0v) is 17.9. The van der Waals surface area contributed by atoms with Gasteiger partial charge in [0.25, 0.3) is 5.91 Å². The van der Waals surface area contributed by atoms with Crippen LogP contribution < -0.4 is 5.32 Å². The summed E-state index contributed by atoms with van der Waals surface area (Å²) in [4.78, 5) is 12.1. The van der Waals surface area contributed by atoms with E-state index in [1.54, 1.807) is 0 Å². The molecule has 0 spiro atoms. The fourth-order valence-corrected chi connectivity index (χ4v) is 4.94. The van der Waals surface area contributed by atoms with E-state index in [9.17, 15) is 30.8 Å². The number of carbonyl (C=O) groups excluding carboxylic acids is 1. The first-order valence-electron chi connectivity index (χ1n) is 8.86. The highest BCUT2D eigenvalue weighted by molar-refractivity contribution is 7.92. The summed E-state index contributed by atoms with van der Waals surface area (Å²) in [5.74, 6) is -4.21. The van der Waals surface area contributed by atoms with Crippen molar-refractivity contribution in [1.82, 2.24) is 5.32 Å². The SMILES string of the molecule is O=C(NC1CS(=O)(=O)C1)c1ccc(C=CC(c2cc(Cl)cc(Cl)c2)C(F)(F)F)cc1F. The number of allylic oxidation sites excluding steroid dienone is 1. The first-order chi connectivity index (χ1) is 14.3. The third-order valence-electron chi connectivity index (χ3n) is 4.56. The van der Waals surface area contributed by atoms with E-state index in [4.69, 9.17) is 23.2 Å². The number of rotatable bonds is 5. The smallest absolute Gasteiger partial charge is 0.347 e. The Kier molecular flexibility index (Phi) is 6.69. The van der Waals surface area contributed by atoms with Gasteiger partial charge in [-0.15, -0.1) is 0 Å². The predicted molar refractivity (Wildman–Crippen MR) is 111 cm³/mol. The van der Waals surface area contributed by atoms with Crippen LogP contribution in [0.1, 0.15) is 27.4 Å². The van der Waals surface area contributed by atoms with Crippen LogP contribution in [0.15, 0.2) is 42.5 Å². The minimum atomic E-state index is -4.65. The Morgan fingerprint density at radius 1 is 1.10 bits per heavy atom. The highest BCUT2D eigenvalue weighted by Gasteiger charge is 2.39. The van der Waals surface area contributed by atoms with Gasteiger partial charge in [-0.25, -0.2) is 12.8 Å². The van der Waals surface area contributed by atoms with Crippen molar-refractivity contribution in [2.24, 2.45) is 0 Å². The van der Waals surface area contributed by atoms with Crippen LogP contribution in [0.2, 0.25) is 10.0 Å². The average Bonchev–Trinajstić information content (AvgIpc) is 2.58. The molecule has 1 saturated heterocycles. The molecular weight excluding hydrogens is 481 g/mol. The van der Waals surface area contributed by atoms with Crippen LogP contribution in [0.25, 0.3) is 6.08 Å². The highest BCUT2D eigenvalue weighted by atomic mass is 35.5. The van der Waals surface area contributed by atoms with Gasteiger partial charge < -0.3 is 5.32 Å². The molecule has 1 amide bonds. The summed E-state index contributed by atoms with van der Waals surface area (Å²) in [7, 11) is -3.16. The van der Waals surface area contributed by atoms with E-state index in [-0.39, 0.29) is 38.2 Å². The normalized spacial score (nSPS) is 17.4. The lowest BCUT2D eigenvalue weighted by atomic mass is 9.97. The van der Waals surface area contributed by atoms with Gasteiger partial charge in [0, 0.05) is 10.0 Å². The van der Waals surface area contributed by atoms with Crippen LogP contribution in [-0.2, 0) is 9.84 Å². The number of amides is 1. The number of alkyl halides is 3. The number of hydrogen-bond donors (Lipinski definition) is 1. The lowest BCUT2D eigenvalue weighted by molar-refractivity contribution is -0.139. The Bertz CT molecular complexity index is 1120. The molecule has 2 aromatic carbocycles. The molecule has 4 nitrogen and oxygen atoms in total. The van der Waals surface area contributed by atoms with Crippen molar-refractivity contribution in [3.63, 3.8) is 0 Å². The Balaban J connectivity index is 1.79. The van der Waals surface area contributed by atoms with Crippen molar-refractivity contribution in [1.29, 1.82) is 0 Å². The molecule has 0 aromatic heterocycles. The van der Waals surface area contributed by atoms with Crippen molar-refractivity contribution in [3.8, 4) is 0 Å². The van der Waals surface area contributed by atoms with Crippen LogP contribution in [0.5, 0.6) is 0 Å². The molecule has 2 aromatic rings. The van der Waals surface area contributed by atoms with E-state index >= 15 is 0 Å². The predicted octanol–water partition coefficient (Wildman–Crippen LogP) is 5.02. The van der Waals surface area contributed by atoms with Crippen LogP contribution in [-0.4, -0.2) is 38.0 Å². The summed E-state index contributed by atoms with van der Waals surface area (Å²) in [6.07, 6.45) is -2.72. The molecule has 1 aliphatic heterocycles. The van der Waals surface area contributed by atoms with E-state index < -0.39 is 39.7 Å². The summed E-state index contributed by atoms with van der Waals surface area (Å²) in [5.41, 5.74) is -0.411. The molecule has 31 heavy (non-hydrogen) atoms. The second-order valence-corrected chi connectivity index (χ2v) is 10.1. The average molecular weight is 496 g/mol. The van der Waals surface area contributed by atoms with E-state index in [2.05, 4.69) is 5.32 Å². The quantitative estimate of drug-likeness (QED) is 0.592. The molecule has 1 atom stereocenters. The summed E-state index contributed by atoms with van der Waals surface area (Å²) in [6.45, 7) is 0. The van der Waals surface area contributed by atoms with Gasteiger partial charge in [0.1, 0.15) is 5.82 Å². The van der Waals surface area contributed by atoms with Gasteiger partial charge in [0.2, 0.25) is 0 Å². The van der Waals surface area contributed by atoms with Gasteiger partial charge in [0.05, 0.1) is 29.0 Å². The maximum atomic E-state index is 14.3. The number of carbonyl (C=O) groups is 1. The second kappa shape index (κ2) is 8.80. The van der Waals surface area contributed by atoms with Crippen molar-refractivity contribution in [3.05, 3.63) is 75.0 Å². The second-order valence-electron chi connectivity index (χ2n) is 7.07. The number of halogens is 6. The van der Waals surface area contributed by atoms with E-state index in [0.717, 1.165) is 36.4 Å². The lowest BCUT2D eigenvalue weighted by Crippen LogP contribution is -2.53. The Morgan fingerprint density at radius 2 is 1.71 bits per heavy atom. The van der Waals surface area contributed by atoms with Crippen LogP contribution >= 0.6 is 23.2 Å². The van der Waals surface area contributed by atoms with Gasteiger partial charge in [-0.2, -0.15) is 13.2 Å². The molecule has 1 unspecified atom stereocenters. The molecule has 0 aliphatic carbocycles. The molecule has 1 N–H and O–H groups in total. The minimum absolute atomic E-state index is 0.0471. The summed E-state index contributed by atoms with van der Waals surface area (Å²) < 4.78 is 77.2. The first kappa shape index (κ1) is 23.6. The standard InChI is InChI=1S/C20H15Cl2F4NO3S/c21-13-6-12(7-14(22)8-13)17(20(24,25)26)4-2-11-1-3-16(18(23)5-11)19(28)27-15-9-31(29,30)10-15/h1-8,15,17H,9-10H2,(H,27,28). The van der Waals surface area contributed by atoms with Crippen LogP contribution in [0.4, 0.5) is 17.6 Å². The fourth-order valence-electron chi connectivity index (χ4n) is 3.10. The molecule has 1 heterocycles. The molecule has 166 valence electrons. The topological polar surface area (TPSA) is 63.2 Å². The van der Waals surface area contributed by atoms with E-state index in [1.807, 2.05) is 0 Å². The van der Waals surface area contributed by atoms with Crippen molar-refractivity contribution in [2.45, 2.75) is 18.1 Å². The largest absolute Gasteiger partial charge is 0.399 e. The van der Waals surface area contributed by atoms with Crippen molar-refractivity contribution < 1.29 is 30.8 Å². The zero-order valence-electron chi connectivity index (χ0n) is 15.6. The van der Waals surface area contributed by atoms with Gasteiger partial charge in [0.15, 0.2) is 9.84 Å². The molecule has 0 radical (unpaired) electrons.